The van der Waals surface area contributed by atoms with Gasteiger partial charge in [-0.05, 0) is 70.9 Å². The molecule has 11 heteroatoms. The van der Waals surface area contributed by atoms with Gasteiger partial charge in [0.1, 0.15) is 12.4 Å². The highest BCUT2D eigenvalue weighted by molar-refractivity contribution is 9.10. The van der Waals surface area contributed by atoms with Crippen molar-refractivity contribution in [2.24, 2.45) is 5.10 Å². The van der Waals surface area contributed by atoms with E-state index >= 15 is 0 Å². The summed E-state index contributed by atoms with van der Waals surface area (Å²) in [5.74, 6) is 1.51. The fourth-order valence-electron chi connectivity index (χ4n) is 3.77. The molecule has 3 aromatic carbocycles. The van der Waals surface area contributed by atoms with Gasteiger partial charge in [0, 0.05) is 32.1 Å². The number of ether oxygens (including phenoxy) is 2. The van der Waals surface area contributed by atoms with E-state index in [4.69, 9.17) is 14.5 Å². The summed E-state index contributed by atoms with van der Waals surface area (Å²) >= 11 is 7.00. The predicted molar refractivity (Wildman–Crippen MR) is 158 cm³/mol. The smallest absolute Gasteiger partial charge is 0.282 e. The van der Waals surface area contributed by atoms with Crippen molar-refractivity contribution < 1.29 is 14.4 Å². The largest absolute Gasteiger partial charge is 0.490 e. The Bertz CT molecular complexity index is 1630. The molecule has 9 nitrogen and oxygen atoms in total. The molecular weight excluding hydrogens is 632 g/mol. The van der Waals surface area contributed by atoms with Gasteiger partial charge in [0.15, 0.2) is 11.5 Å². The van der Waals surface area contributed by atoms with Crippen LogP contribution in [-0.2, 0) is 12.0 Å². The van der Waals surface area contributed by atoms with Crippen LogP contribution in [0.3, 0.4) is 0 Å². The minimum absolute atomic E-state index is 0.0168. The molecule has 4 aromatic rings. The molecule has 0 saturated carbocycles. The van der Waals surface area contributed by atoms with Gasteiger partial charge in [0.2, 0.25) is 0 Å². The van der Waals surface area contributed by atoms with Crippen molar-refractivity contribution in [1.82, 2.24) is 9.66 Å². The van der Waals surface area contributed by atoms with Crippen molar-refractivity contribution in [3.05, 3.63) is 101 Å². The fraction of sp³-hybridized carbons (Fsp3) is 0.250. The van der Waals surface area contributed by atoms with Crippen LogP contribution in [0.4, 0.5) is 5.69 Å². The average Bonchev–Trinajstić information content (AvgIpc) is 2.88. The second-order valence-corrected chi connectivity index (χ2v) is 11.4. The van der Waals surface area contributed by atoms with E-state index in [1.165, 1.54) is 16.8 Å². The number of hydrogen-bond donors (Lipinski definition) is 0. The Morgan fingerprint density at radius 1 is 1.05 bits per heavy atom. The standard InChI is InChI=1S/C28H26Br2N4O5/c1-5-38-24-12-18(22(30)14-25(24)39-16-17-6-9-20(10-7-17)34(36)37)15-31-33-26(35)21-13-19(29)8-11-23(21)32-27(33)28(2,3)4/h6-15H,5,16H2,1-4H3. The van der Waals surface area contributed by atoms with Gasteiger partial charge in [-0.25, -0.2) is 4.98 Å². The zero-order valence-electron chi connectivity index (χ0n) is 21.8. The van der Waals surface area contributed by atoms with Gasteiger partial charge in [-0.15, -0.1) is 0 Å². The zero-order valence-corrected chi connectivity index (χ0v) is 24.9. The molecule has 1 heterocycles. The van der Waals surface area contributed by atoms with Gasteiger partial charge < -0.3 is 9.47 Å². The lowest BCUT2D eigenvalue weighted by atomic mass is 9.95. The first-order valence-corrected chi connectivity index (χ1v) is 13.7. The molecular formula is C28H26Br2N4O5. The summed E-state index contributed by atoms with van der Waals surface area (Å²) in [6.07, 6.45) is 1.58. The summed E-state index contributed by atoms with van der Waals surface area (Å²) in [6, 6.07) is 15.1. The minimum Gasteiger partial charge on any atom is -0.490 e. The molecule has 0 spiro atoms. The van der Waals surface area contributed by atoms with E-state index in [1.807, 2.05) is 39.8 Å². The van der Waals surface area contributed by atoms with E-state index < -0.39 is 10.3 Å². The molecule has 0 atom stereocenters. The van der Waals surface area contributed by atoms with Gasteiger partial charge in [0.05, 0.1) is 28.6 Å². The monoisotopic (exact) mass is 656 g/mol. The Labute approximate surface area is 241 Å². The zero-order chi connectivity index (χ0) is 28.3. The molecule has 202 valence electrons. The predicted octanol–water partition coefficient (Wildman–Crippen LogP) is 6.99. The third kappa shape index (κ3) is 6.54. The molecule has 1 aromatic heterocycles. The van der Waals surface area contributed by atoms with Gasteiger partial charge in [-0.3, -0.25) is 14.9 Å². The summed E-state index contributed by atoms with van der Waals surface area (Å²) in [4.78, 5) is 28.7. The van der Waals surface area contributed by atoms with Crippen LogP contribution in [-0.4, -0.2) is 27.4 Å². The average molecular weight is 658 g/mol. The maximum Gasteiger partial charge on any atom is 0.282 e. The van der Waals surface area contributed by atoms with Crippen molar-refractivity contribution in [2.75, 3.05) is 6.61 Å². The second kappa shape index (κ2) is 11.7. The summed E-state index contributed by atoms with van der Waals surface area (Å²) in [6.45, 7) is 8.40. The van der Waals surface area contributed by atoms with Gasteiger partial charge in [-0.2, -0.15) is 9.78 Å². The third-order valence-corrected chi connectivity index (χ3v) is 6.88. The van der Waals surface area contributed by atoms with Crippen molar-refractivity contribution in [2.45, 2.75) is 39.7 Å². The Morgan fingerprint density at radius 3 is 2.38 bits per heavy atom. The summed E-state index contributed by atoms with van der Waals surface area (Å²) in [7, 11) is 0. The fourth-order valence-corrected chi connectivity index (χ4v) is 4.55. The van der Waals surface area contributed by atoms with E-state index in [0.29, 0.717) is 44.9 Å². The first kappa shape index (κ1) is 28.4. The lowest BCUT2D eigenvalue weighted by Crippen LogP contribution is -2.29. The Kier molecular flexibility index (Phi) is 8.51. The van der Waals surface area contributed by atoms with Crippen molar-refractivity contribution in [1.29, 1.82) is 0 Å². The Morgan fingerprint density at radius 2 is 1.74 bits per heavy atom. The molecule has 0 fully saturated rings. The van der Waals surface area contributed by atoms with Crippen molar-refractivity contribution in [3.8, 4) is 11.5 Å². The number of nitro benzene ring substituents is 1. The van der Waals surface area contributed by atoms with Crippen LogP contribution in [0.25, 0.3) is 10.9 Å². The molecule has 0 amide bonds. The van der Waals surface area contributed by atoms with Crippen molar-refractivity contribution >= 4 is 54.7 Å². The van der Waals surface area contributed by atoms with Gasteiger partial charge in [-0.1, -0.05) is 36.7 Å². The Hall–Kier alpha value is -3.57. The summed E-state index contributed by atoms with van der Waals surface area (Å²) < 4.78 is 14.6. The SMILES string of the molecule is CCOc1cc(C=Nn2c(C(C)(C)C)nc3ccc(Br)cc3c2=O)c(Br)cc1OCc1ccc([N+](=O)[O-])cc1. The van der Waals surface area contributed by atoms with Crippen LogP contribution in [0, 0.1) is 10.1 Å². The molecule has 39 heavy (non-hydrogen) atoms. The normalized spacial score (nSPS) is 11.7. The molecule has 0 unspecified atom stereocenters. The number of fused-ring (bicyclic) bond motifs is 1. The number of rotatable bonds is 8. The highest BCUT2D eigenvalue weighted by Crippen LogP contribution is 2.34. The first-order valence-electron chi connectivity index (χ1n) is 12.1. The minimum atomic E-state index is -0.444. The van der Waals surface area contributed by atoms with Crippen LogP contribution in [0.5, 0.6) is 11.5 Å². The lowest BCUT2D eigenvalue weighted by Gasteiger charge is -2.21. The quantitative estimate of drug-likeness (QED) is 0.115. The van der Waals surface area contributed by atoms with Crippen molar-refractivity contribution in [3.63, 3.8) is 0 Å². The lowest BCUT2D eigenvalue weighted by molar-refractivity contribution is -0.384. The topological polar surface area (TPSA) is 109 Å². The van der Waals surface area contributed by atoms with Crippen LogP contribution >= 0.6 is 31.9 Å². The third-order valence-electron chi connectivity index (χ3n) is 5.70. The van der Waals surface area contributed by atoms with E-state index in [9.17, 15) is 14.9 Å². The first-order chi connectivity index (χ1) is 18.5. The summed E-state index contributed by atoms with van der Waals surface area (Å²) in [5, 5.41) is 15.9. The van der Waals surface area contributed by atoms with E-state index in [0.717, 1.165) is 10.0 Å². The van der Waals surface area contributed by atoms with Crippen LogP contribution < -0.4 is 15.0 Å². The van der Waals surface area contributed by atoms with Gasteiger partial charge >= 0.3 is 0 Å². The van der Waals surface area contributed by atoms with Gasteiger partial charge in [0.25, 0.3) is 11.2 Å². The van der Waals surface area contributed by atoms with E-state index in [-0.39, 0.29) is 17.9 Å². The number of aromatic nitrogens is 2. The molecule has 0 aliphatic heterocycles. The maximum atomic E-state index is 13.5. The highest BCUT2D eigenvalue weighted by atomic mass is 79.9. The number of nitrogens with zero attached hydrogens (tertiary/aromatic N) is 4. The molecule has 0 bridgehead atoms. The number of benzene rings is 3. The Balaban J connectivity index is 1.69. The molecule has 0 N–H and O–H groups in total. The highest BCUT2D eigenvalue weighted by Gasteiger charge is 2.23. The number of hydrogen-bond acceptors (Lipinski definition) is 7. The number of nitro groups is 1. The summed E-state index contributed by atoms with van der Waals surface area (Å²) in [5.41, 5.74) is 1.35. The molecule has 0 aliphatic rings. The van der Waals surface area contributed by atoms with Crippen LogP contribution in [0.15, 0.2) is 73.4 Å². The number of halogens is 2. The maximum absolute atomic E-state index is 13.5. The van der Waals surface area contributed by atoms with Crippen LogP contribution in [0.1, 0.15) is 44.6 Å². The second-order valence-electron chi connectivity index (χ2n) is 9.67. The van der Waals surface area contributed by atoms with E-state index in [1.54, 1.807) is 36.5 Å². The molecule has 0 aliphatic carbocycles. The molecule has 4 rings (SSSR count). The van der Waals surface area contributed by atoms with E-state index in [2.05, 4.69) is 37.0 Å². The molecule has 0 radical (unpaired) electrons. The van der Waals surface area contributed by atoms with Crippen LogP contribution in [0.2, 0.25) is 0 Å². The number of non-ortho nitro benzene ring substituents is 1. The molecule has 0 saturated heterocycles.